The normalized spacial score (nSPS) is 9.17. The van der Waals surface area contributed by atoms with Crippen molar-refractivity contribution in [1.29, 1.82) is 0 Å². The fourth-order valence-electron chi connectivity index (χ4n) is 0.606. The summed E-state index contributed by atoms with van der Waals surface area (Å²) in [5.41, 5.74) is 0. The first-order valence-corrected chi connectivity index (χ1v) is 4.01. The molecule has 12 heavy (non-hydrogen) atoms. The molecule has 0 spiro atoms. The maximum atomic E-state index is 10.6. The summed E-state index contributed by atoms with van der Waals surface area (Å²) in [7, 11) is 1.39. The summed E-state index contributed by atoms with van der Waals surface area (Å²) in [5.74, 6) is 5.56. The number of carbonyl (C=O) groups is 1. The van der Waals surface area contributed by atoms with E-state index in [0.717, 1.165) is 6.42 Å². The molecule has 0 aromatic rings. The monoisotopic (exact) mass is 166 g/mol. The molecule has 2 heteroatoms. The van der Waals surface area contributed by atoms with Crippen molar-refractivity contribution in [2.45, 2.75) is 26.2 Å². The van der Waals surface area contributed by atoms with Crippen LogP contribution in [0.25, 0.3) is 0 Å². The molecule has 0 amide bonds. The minimum Gasteiger partial charge on any atom is -0.469 e. The Balaban J connectivity index is 3.42. The summed E-state index contributed by atoms with van der Waals surface area (Å²) in [6.45, 7) is 2.00. The van der Waals surface area contributed by atoms with Gasteiger partial charge >= 0.3 is 5.97 Å². The lowest BCUT2D eigenvalue weighted by Crippen LogP contribution is -1.97. The van der Waals surface area contributed by atoms with E-state index in [1.54, 1.807) is 6.08 Å². The van der Waals surface area contributed by atoms with Crippen molar-refractivity contribution in [3.05, 3.63) is 12.2 Å². The molecular formula is C10H14O2. The first-order valence-electron chi connectivity index (χ1n) is 4.01. The van der Waals surface area contributed by atoms with Crippen LogP contribution in [0.4, 0.5) is 0 Å². The molecule has 0 saturated heterocycles. The lowest BCUT2D eigenvalue weighted by molar-refractivity contribution is -0.140. The zero-order chi connectivity index (χ0) is 9.23. The number of carbonyl (C=O) groups excluding carboxylic acids is 1. The summed E-state index contributed by atoms with van der Waals surface area (Å²) in [6, 6.07) is 0. The van der Waals surface area contributed by atoms with E-state index in [-0.39, 0.29) is 5.97 Å². The number of methoxy groups -OCH3 is 1. The van der Waals surface area contributed by atoms with E-state index in [1.165, 1.54) is 7.11 Å². The number of allylic oxidation sites excluding steroid dienone is 2. The topological polar surface area (TPSA) is 26.3 Å². The van der Waals surface area contributed by atoms with E-state index in [2.05, 4.69) is 16.6 Å². The molecule has 0 N–H and O–H groups in total. The van der Waals surface area contributed by atoms with Gasteiger partial charge in [-0.2, -0.15) is 0 Å². The second-order valence-electron chi connectivity index (χ2n) is 2.19. The van der Waals surface area contributed by atoms with Crippen molar-refractivity contribution >= 4 is 5.97 Å². The highest BCUT2D eigenvalue weighted by Gasteiger charge is 1.94. The van der Waals surface area contributed by atoms with Crippen LogP contribution < -0.4 is 0 Å². The van der Waals surface area contributed by atoms with Crippen LogP contribution >= 0.6 is 0 Å². The molecule has 0 aromatic heterocycles. The lowest BCUT2D eigenvalue weighted by atomic mass is 10.3. The van der Waals surface area contributed by atoms with Gasteiger partial charge in [0.05, 0.1) is 7.11 Å². The third-order valence-corrected chi connectivity index (χ3v) is 1.22. The van der Waals surface area contributed by atoms with Crippen molar-refractivity contribution in [2.75, 3.05) is 7.11 Å². The van der Waals surface area contributed by atoms with Crippen LogP contribution in [0.5, 0.6) is 0 Å². The van der Waals surface area contributed by atoms with Crippen molar-refractivity contribution in [3.8, 4) is 11.8 Å². The predicted octanol–water partition coefficient (Wildman–Crippen LogP) is 1.91. The fraction of sp³-hybridized carbons (Fsp3) is 0.500. The predicted molar refractivity (Wildman–Crippen MR) is 48.5 cm³/mol. The zero-order valence-electron chi connectivity index (χ0n) is 7.59. The average molecular weight is 166 g/mol. The molecule has 0 aliphatic rings. The third kappa shape index (κ3) is 6.88. The maximum absolute atomic E-state index is 10.6. The molecule has 66 valence electrons. The highest BCUT2D eigenvalue weighted by atomic mass is 16.5. The highest BCUT2D eigenvalue weighted by molar-refractivity contribution is 5.69. The standard InChI is InChI=1S/C10H14O2/c1-3-4-5-6-7-8-9-10(11)12-2/h6-7H,3,8-9H2,1-2H3/b7-6+. The molecule has 0 unspecified atom stereocenters. The Kier molecular flexibility index (Phi) is 7.07. The number of hydrogen-bond acceptors (Lipinski definition) is 2. The number of ether oxygens (including phenoxy) is 1. The Bertz CT molecular complexity index is 206. The van der Waals surface area contributed by atoms with Gasteiger partial charge in [-0.15, -0.1) is 0 Å². The molecule has 0 saturated carbocycles. The minimum atomic E-state index is -0.178. The van der Waals surface area contributed by atoms with Crippen LogP contribution in [0.3, 0.4) is 0 Å². The first kappa shape index (κ1) is 10.8. The van der Waals surface area contributed by atoms with Crippen LogP contribution in [-0.4, -0.2) is 13.1 Å². The lowest BCUT2D eigenvalue weighted by Gasteiger charge is -1.92. The van der Waals surface area contributed by atoms with E-state index >= 15 is 0 Å². The van der Waals surface area contributed by atoms with E-state index in [1.807, 2.05) is 13.0 Å². The Morgan fingerprint density at radius 3 is 2.92 bits per heavy atom. The summed E-state index contributed by atoms with van der Waals surface area (Å²) in [6.07, 6.45) is 5.64. The smallest absolute Gasteiger partial charge is 0.305 e. The Hall–Kier alpha value is -1.23. The van der Waals surface area contributed by atoms with Gasteiger partial charge in [0.25, 0.3) is 0 Å². The van der Waals surface area contributed by atoms with Gasteiger partial charge in [0.15, 0.2) is 0 Å². The Labute approximate surface area is 73.6 Å². The number of rotatable bonds is 3. The largest absolute Gasteiger partial charge is 0.469 e. The molecule has 2 nitrogen and oxygen atoms in total. The van der Waals surface area contributed by atoms with Crippen LogP contribution in [0.15, 0.2) is 12.2 Å². The molecule has 0 radical (unpaired) electrons. The van der Waals surface area contributed by atoms with Crippen molar-refractivity contribution in [1.82, 2.24) is 0 Å². The van der Waals surface area contributed by atoms with Crippen molar-refractivity contribution in [2.24, 2.45) is 0 Å². The van der Waals surface area contributed by atoms with Gasteiger partial charge in [-0.05, 0) is 12.5 Å². The van der Waals surface area contributed by atoms with Crippen LogP contribution in [0.1, 0.15) is 26.2 Å². The summed E-state index contributed by atoms with van der Waals surface area (Å²) in [5, 5.41) is 0. The van der Waals surface area contributed by atoms with Gasteiger partial charge in [-0.3, -0.25) is 4.79 Å². The maximum Gasteiger partial charge on any atom is 0.305 e. The van der Waals surface area contributed by atoms with Crippen LogP contribution in [-0.2, 0) is 9.53 Å². The Morgan fingerprint density at radius 1 is 1.58 bits per heavy atom. The molecule has 0 heterocycles. The second kappa shape index (κ2) is 7.87. The van der Waals surface area contributed by atoms with E-state index in [0.29, 0.717) is 12.8 Å². The van der Waals surface area contributed by atoms with Crippen LogP contribution in [0.2, 0.25) is 0 Å². The van der Waals surface area contributed by atoms with Crippen molar-refractivity contribution < 1.29 is 9.53 Å². The molecule has 0 rings (SSSR count). The average Bonchev–Trinajstić information content (AvgIpc) is 2.10. The minimum absolute atomic E-state index is 0.178. The molecule has 0 bridgehead atoms. The summed E-state index contributed by atoms with van der Waals surface area (Å²) in [4.78, 5) is 10.6. The quantitative estimate of drug-likeness (QED) is 0.473. The number of hydrogen-bond donors (Lipinski definition) is 0. The molecule has 0 aliphatic carbocycles. The second-order valence-corrected chi connectivity index (χ2v) is 2.19. The fourth-order valence-corrected chi connectivity index (χ4v) is 0.606. The van der Waals surface area contributed by atoms with Gasteiger partial charge in [-0.25, -0.2) is 0 Å². The van der Waals surface area contributed by atoms with Gasteiger partial charge in [-0.1, -0.05) is 24.8 Å². The summed E-state index contributed by atoms with van der Waals surface area (Å²) < 4.78 is 4.47. The number of esters is 1. The van der Waals surface area contributed by atoms with Gasteiger partial charge in [0.1, 0.15) is 0 Å². The molecule has 0 aliphatic heterocycles. The third-order valence-electron chi connectivity index (χ3n) is 1.22. The van der Waals surface area contributed by atoms with E-state index in [9.17, 15) is 4.79 Å². The van der Waals surface area contributed by atoms with Crippen LogP contribution in [0, 0.1) is 11.8 Å². The zero-order valence-corrected chi connectivity index (χ0v) is 7.59. The van der Waals surface area contributed by atoms with Gasteiger partial charge in [0.2, 0.25) is 0 Å². The first-order chi connectivity index (χ1) is 5.81. The molecule has 0 fully saturated rings. The highest BCUT2D eigenvalue weighted by Crippen LogP contribution is 1.92. The SMILES string of the molecule is CCC#C/C=C/CCC(=O)OC. The van der Waals surface area contributed by atoms with Crippen molar-refractivity contribution in [3.63, 3.8) is 0 Å². The van der Waals surface area contributed by atoms with Gasteiger partial charge in [0, 0.05) is 12.8 Å². The Morgan fingerprint density at radius 2 is 2.33 bits per heavy atom. The molecular weight excluding hydrogens is 152 g/mol. The summed E-state index contributed by atoms with van der Waals surface area (Å²) >= 11 is 0. The van der Waals surface area contributed by atoms with E-state index in [4.69, 9.17) is 0 Å². The molecule has 0 aromatic carbocycles. The molecule has 0 atom stereocenters. The van der Waals surface area contributed by atoms with E-state index < -0.39 is 0 Å². The van der Waals surface area contributed by atoms with Gasteiger partial charge < -0.3 is 4.74 Å².